The van der Waals surface area contributed by atoms with Crippen LogP contribution in [0.4, 0.5) is 0 Å². The van der Waals surface area contributed by atoms with Crippen molar-refractivity contribution in [3.8, 4) is 0 Å². The Morgan fingerprint density at radius 2 is 2.00 bits per heavy atom. The van der Waals surface area contributed by atoms with Gasteiger partial charge in [0.1, 0.15) is 17.9 Å². The monoisotopic (exact) mass is 409 g/mol. The summed E-state index contributed by atoms with van der Waals surface area (Å²) in [4.78, 5) is 37.8. The second-order valence-corrected chi connectivity index (χ2v) is 6.80. The van der Waals surface area contributed by atoms with Crippen LogP contribution in [-0.2, 0) is 27.5 Å². The molecular weight excluding hydrogens is 394 g/mol. The molecule has 1 aromatic carbocycles. The molecule has 29 heavy (non-hydrogen) atoms. The lowest BCUT2D eigenvalue weighted by atomic mass is 10.1. The summed E-state index contributed by atoms with van der Waals surface area (Å²) in [7, 11) is 0. The van der Waals surface area contributed by atoms with Crippen LogP contribution < -0.4 is 5.32 Å². The number of furan rings is 1. The maximum Gasteiger partial charge on any atom is 0.323 e. The van der Waals surface area contributed by atoms with Crippen molar-refractivity contribution in [2.45, 2.75) is 13.1 Å². The highest BCUT2D eigenvalue weighted by atomic mass is 32.1. The molecule has 8 nitrogen and oxygen atoms in total. The van der Waals surface area contributed by atoms with Gasteiger partial charge in [0.15, 0.2) is 5.11 Å². The molecule has 0 saturated carbocycles. The van der Waals surface area contributed by atoms with Crippen molar-refractivity contribution in [3.05, 3.63) is 65.8 Å². The van der Waals surface area contributed by atoms with Crippen LogP contribution in [0.25, 0.3) is 17.0 Å². The van der Waals surface area contributed by atoms with Crippen molar-refractivity contribution in [1.82, 2.24) is 14.8 Å². The molecule has 4 rings (SSSR count). The number of aromatic nitrogens is 1. The van der Waals surface area contributed by atoms with Gasteiger partial charge in [-0.25, -0.2) is 0 Å². The molecule has 0 unspecified atom stereocenters. The van der Waals surface area contributed by atoms with E-state index < -0.39 is 17.8 Å². The number of carbonyl (C=O) groups is 3. The minimum absolute atomic E-state index is 0.00172. The summed E-state index contributed by atoms with van der Waals surface area (Å²) in [5.74, 6) is -1.63. The fourth-order valence-electron chi connectivity index (χ4n) is 3.22. The van der Waals surface area contributed by atoms with Crippen molar-refractivity contribution < 1.29 is 23.9 Å². The minimum atomic E-state index is -0.994. The van der Waals surface area contributed by atoms with Crippen molar-refractivity contribution in [1.29, 1.82) is 0 Å². The predicted octanol–water partition coefficient (Wildman–Crippen LogP) is 2.15. The number of nitrogens with zero attached hydrogens (tertiary/aromatic N) is 2. The zero-order valence-corrected chi connectivity index (χ0v) is 15.8. The molecule has 1 aliphatic heterocycles. The summed E-state index contributed by atoms with van der Waals surface area (Å²) >= 11 is 5.14. The Morgan fingerprint density at radius 1 is 1.21 bits per heavy atom. The maximum atomic E-state index is 13.0. The van der Waals surface area contributed by atoms with Crippen LogP contribution in [0.15, 0.2) is 58.8 Å². The van der Waals surface area contributed by atoms with Gasteiger partial charge in [0.2, 0.25) is 0 Å². The lowest BCUT2D eigenvalue weighted by Gasteiger charge is -2.28. The van der Waals surface area contributed by atoms with Gasteiger partial charge in [-0.3, -0.25) is 24.6 Å². The van der Waals surface area contributed by atoms with Crippen LogP contribution in [0.2, 0.25) is 0 Å². The molecule has 0 spiro atoms. The number of thiocarbonyl (C=S) groups is 1. The van der Waals surface area contributed by atoms with Crippen LogP contribution in [-0.4, -0.2) is 37.5 Å². The molecule has 1 aliphatic rings. The molecule has 2 aromatic heterocycles. The summed E-state index contributed by atoms with van der Waals surface area (Å²) in [6.07, 6.45) is 4.55. The fraction of sp³-hybridized carbons (Fsp3) is 0.100. The maximum absolute atomic E-state index is 13.0. The van der Waals surface area contributed by atoms with E-state index in [2.05, 4.69) is 5.32 Å². The summed E-state index contributed by atoms with van der Waals surface area (Å²) in [6.45, 7) is -0.151. The van der Waals surface area contributed by atoms with Gasteiger partial charge in [-0.1, -0.05) is 18.2 Å². The third kappa shape index (κ3) is 3.55. The highest BCUT2D eigenvalue weighted by molar-refractivity contribution is 7.80. The molecule has 3 heterocycles. The van der Waals surface area contributed by atoms with Crippen molar-refractivity contribution in [2.75, 3.05) is 0 Å². The Balaban J connectivity index is 1.74. The van der Waals surface area contributed by atoms with Crippen molar-refractivity contribution in [2.24, 2.45) is 0 Å². The number of carbonyl (C=O) groups excluding carboxylic acids is 2. The molecule has 0 radical (unpaired) electrons. The van der Waals surface area contributed by atoms with E-state index in [4.69, 9.17) is 21.7 Å². The highest BCUT2D eigenvalue weighted by Gasteiger charge is 2.34. The van der Waals surface area contributed by atoms with Crippen LogP contribution in [0, 0.1) is 0 Å². The molecule has 0 atom stereocenters. The number of carboxylic acid groups (broad SMARTS) is 1. The number of rotatable bonds is 5. The van der Waals surface area contributed by atoms with E-state index in [9.17, 15) is 14.4 Å². The normalized spacial score (nSPS) is 15.9. The highest BCUT2D eigenvalue weighted by Crippen LogP contribution is 2.25. The Labute approximate surface area is 170 Å². The van der Waals surface area contributed by atoms with Gasteiger partial charge in [-0.15, -0.1) is 0 Å². The number of para-hydroxylation sites is 1. The number of nitrogens with one attached hydrogen (secondary N) is 1. The Kier molecular flexibility index (Phi) is 4.73. The Morgan fingerprint density at radius 3 is 2.72 bits per heavy atom. The smallest absolute Gasteiger partial charge is 0.323 e. The third-order valence-electron chi connectivity index (χ3n) is 4.50. The first-order valence-corrected chi connectivity index (χ1v) is 9.06. The lowest BCUT2D eigenvalue weighted by molar-refractivity contribution is -0.137. The fourth-order valence-corrected chi connectivity index (χ4v) is 3.46. The topological polar surface area (TPSA) is 105 Å². The van der Waals surface area contributed by atoms with Gasteiger partial charge < -0.3 is 14.1 Å². The second-order valence-electron chi connectivity index (χ2n) is 6.41. The molecule has 3 aromatic rings. The predicted molar refractivity (Wildman–Crippen MR) is 108 cm³/mol. The van der Waals surface area contributed by atoms with E-state index in [0.717, 1.165) is 5.39 Å². The number of fused-ring (bicyclic) bond motifs is 1. The number of hydrogen-bond donors (Lipinski definition) is 2. The van der Waals surface area contributed by atoms with Gasteiger partial charge in [-0.05, 0) is 36.5 Å². The first kappa shape index (κ1) is 18.6. The lowest BCUT2D eigenvalue weighted by Crippen LogP contribution is -2.53. The van der Waals surface area contributed by atoms with E-state index >= 15 is 0 Å². The molecule has 2 amide bonds. The van der Waals surface area contributed by atoms with Gasteiger partial charge in [-0.2, -0.15) is 0 Å². The third-order valence-corrected chi connectivity index (χ3v) is 4.83. The molecular formula is C20H15N3O5S. The molecule has 9 heteroatoms. The number of benzene rings is 1. The summed E-state index contributed by atoms with van der Waals surface area (Å²) in [5.41, 5.74) is 1.16. The Bertz CT molecular complexity index is 1180. The van der Waals surface area contributed by atoms with E-state index in [0.29, 0.717) is 16.8 Å². The first-order chi connectivity index (χ1) is 13.9. The summed E-state index contributed by atoms with van der Waals surface area (Å²) in [5, 5.41) is 12.4. The largest absolute Gasteiger partial charge is 0.480 e. The molecule has 2 N–H and O–H groups in total. The molecule has 0 bridgehead atoms. The zero-order chi connectivity index (χ0) is 20.5. The molecule has 1 fully saturated rings. The summed E-state index contributed by atoms with van der Waals surface area (Å²) in [6, 6.07) is 10.6. The molecule has 146 valence electrons. The zero-order valence-electron chi connectivity index (χ0n) is 15.0. The van der Waals surface area contributed by atoms with Gasteiger partial charge in [0.25, 0.3) is 11.8 Å². The van der Waals surface area contributed by atoms with Crippen LogP contribution >= 0.6 is 12.2 Å². The van der Waals surface area contributed by atoms with Crippen molar-refractivity contribution in [3.63, 3.8) is 0 Å². The average Bonchev–Trinajstić information content (AvgIpc) is 3.30. The standard InChI is InChI=1S/C20H15N3O5S/c24-17(25)11-22-9-12(14-5-1-2-6-16(14)22)8-15-18(26)21-20(29)23(19(15)27)10-13-4-3-7-28-13/h1-9H,10-11H2,(H,24,25)(H,21,26,29). The first-order valence-electron chi connectivity index (χ1n) is 8.65. The average molecular weight is 409 g/mol. The SMILES string of the molecule is O=C(O)Cn1cc(C=C2C(=O)NC(=S)N(Cc3ccco3)C2=O)c2ccccc21. The van der Waals surface area contributed by atoms with Crippen molar-refractivity contribution >= 4 is 52.1 Å². The van der Waals surface area contributed by atoms with E-state index in [1.807, 2.05) is 0 Å². The van der Waals surface area contributed by atoms with Crippen LogP contribution in [0.1, 0.15) is 11.3 Å². The number of amides is 2. The van der Waals surface area contributed by atoms with E-state index in [-0.39, 0.29) is 23.8 Å². The van der Waals surface area contributed by atoms with Gasteiger partial charge >= 0.3 is 5.97 Å². The number of carboxylic acids is 1. The molecule has 1 saturated heterocycles. The minimum Gasteiger partial charge on any atom is -0.480 e. The molecule has 0 aliphatic carbocycles. The second kappa shape index (κ2) is 7.36. The van der Waals surface area contributed by atoms with Gasteiger partial charge in [0.05, 0.1) is 12.8 Å². The Hall–Kier alpha value is -3.72. The quantitative estimate of drug-likeness (QED) is 0.380. The van der Waals surface area contributed by atoms with Crippen LogP contribution in [0.3, 0.4) is 0 Å². The van der Waals surface area contributed by atoms with Crippen LogP contribution in [0.5, 0.6) is 0 Å². The number of aliphatic carboxylic acids is 1. The van der Waals surface area contributed by atoms with E-state index in [1.54, 1.807) is 47.2 Å². The number of hydrogen-bond acceptors (Lipinski definition) is 5. The van der Waals surface area contributed by atoms with E-state index in [1.165, 1.54) is 17.2 Å². The van der Waals surface area contributed by atoms with Gasteiger partial charge in [0, 0.05) is 22.7 Å². The summed E-state index contributed by atoms with van der Waals surface area (Å²) < 4.78 is 6.82.